The lowest BCUT2D eigenvalue weighted by Crippen LogP contribution is -1.83. The Morgan fingerprint density at radius 2 is 1.60 bits per heavy atom. The van der Waals surface area contributed by atoms with Gasteiger partial charge in [0.15, 0.2) is 0 Å². The highest BCUT2D eigenvalue weighted by Crippen LogP contribution is 2.30. The van der Waals surface area contributed by atoms with Crippen molar-refractivity contribution in [2.24, 2.45) is 0 Å². The summed E-state index contributed by atoms with van der Waals surface area (Å²) in [5.41, 5.74) is 6.52. The minimum absolute atomic E-state index is 0.801. The predicted octanol–water partition coefficient (Wildman–Crippen LogP) is 4.18. The van der Waals surface area contributed by atoms with Crippen molar-refractivity contribution < 1.29 is 0 Å². The van der Waals surface area contributed by atoms with Gasteiger partial charge in [0.25, 0.3) is 0 Å². The van der Waals surface area contributed by atoms with E-state index in [1.807, 2.05) is 30.3 Å². The van der Waals surface area contributed by atoms with Crippen molar-refractivity contribution >= 4 is 33.4 Å². The lowest BCUT2D eigenvalue weighted by Gasteiger charge is -2.02. The Morgan fingerprint density at radius 3 is 2.27 bits per heavy atom. The quantitative estimate of drug-likeness (QED) is 0.835. The van der Waals surface area contributed by atoms with Gasteiger partial charge in [-0.15, -0.1) is 0 Å². The molecular formula is C12H10BrNS. The van der Waals surface area contributed by atoms with Crippen LogP contribution in [0.1, 0.15) is 0 Å². The molecule has 2 aromatic carbocycles. The number of anilines is 1. The zero-order chi connectivity index (χ0) is 10.7. The Labute approximate surface area is 102 Å². The Morgan fingerprint density at radius 1 is 0.933 bits per heavy atom. The van der Waals surface area contributed by atoms with Gasteiger partial charge in [0.1, 0.15) is 0 Å². The standard InChI is InChI=1S/C12H10BrNS/c13-9-3-1-5-11(7-9)15-12-6-2-4-10(14)8-12/h1-8H,14H2. The molecule has 0 saturated heterocycles. The highest BCUT2D eigenvalue weighted by Gasteiger charge is 1.98. The Hall–Kier alpha value is -0.930. The molecule has 3 heteroatoms. The number of benzene rings is 2. The lowest BCUT2D eigenvalue weighted by atomic mass is 10.3. The number of rotatable bonds is 2. The van der Waals surface area contributed by atoms with Crippen molar-refractivity contribution in [3.8, 4) is 0 Å². The van der Waals surface area contributed by atoms with E-state index in [0.29, 0.717) is 0 Å². The molecule has 0 atom stereocenters. The highest BCUT2D eigenvalue weighted by atomic mass is 79.9. The number of hydrogen-bond acceptors (Lipinski definition) is 2. The van der Waals surface area contributed by atoms with Crippen LogP contribution in [0.4, 0.5) is 5.69 Å². The van der Waals surface area contributed by atoms with E-state index >= 15 is 0 Å². The molecule has 0 bridgehead atoms. The van der Waals surface area contributed by atoms with Gasteiger partial charge in [-0.25, -0.2) is 0 Å². The average Bonchev–Trinajstić information content (AvgIpc) is 2.17. The molecular weight excluding hydrogens is 270 g/mol. The first-order chi connectivity index (χ1) is 7.24. The molecule has 0 unspecified atom stereocenters. The van der Waals surface area contributed by atoms with Gasteiger partial charge in [0.2, 0.25) is 0 Å². The fraction of sp³-hybridized carbons (Fsp3) is 0. The van der Waals surface area contributed by atoms with Crippen molar-refractivity contribution in [3.63, 3.8) is 0 Å². The molecule has 2 rings (SSSR count). The molecule has 0 radical (unpaired) electrons. The van der Waals surface area contributed by atoms with Crippen molar-refractivity contribution in [2.45, 2.75) is 9.79 Å². The zero-order valence-corrected chi connectivity index (χ0v) is 10.4. The molecule has 0 aliphatic carbocycles. The second kappa shape index (κ2) is 4.73. The van der Waals surface area contributed by atoms with E-state index < -0.39 is 0 Å². The summed E-state index contributed by atoms with van der Waals surface area (Å²) >= 11 is 5.16. The molecule has 0 saturated carbocycles. The minimum Gasteiger partial charge on any atom is -0.399 e. The van der Waals surface area contributed by atoms with Crippen molar-refractivity contribution in [3.05, 3.63) is 53.0 Å². The molecule has 15 heavy (non-hydrogen) atoms. The molecule has 1 nitrogen and oxygen atoms in total. The Bertz CT molecular complexity index is 427. The van der Waals surface area contributed by atoms with Gasteiger partial charge in [-0.3, -0.25) is 0 Å². The van der Waals surface area contributed by atoms with Crippen LogP contribution in [-0.2, 0) is 0 Å². The van der Waals surface area contributed by atoms with Gasteiger partial charge >= 0.3 is 0 Å². The van der Waals surface area contributed by atoms with Crippen molar-refractivity contribution in [1.29, 1.82) is 0 Å². The SMILES string of the molecule is Nc1cccc(Sc2cccc(Br)c2)c1. The topological polar surface area (TPSA) is 26.0 Å². The Kier molecular flexibility index (Phi) is 3.34. The molecule has 0 spiro atoms. The number of halogens is 1. The van der Waals surface area contributed by atoms with Crippen molar-refractivity contribution in [1.82, 2.24) is 0 Å². The van der Waals surface area contributed by atoms with Crippen LogP contribution < -0.4 is 5.73 Å². The zero-order valence-electron chi connectivity index (χ0n) is 7.98. The first kappa shape index (κ1) is 10.6. The van der Waals surface area contributed by atoms with Gasteiger partial charge in [-0.1, -0.05) is 39.8 Å². The van der Waals surface area contributed by atoms with E-state index in [4.69, 9.17) is 5.73 Å². The summed E-state index contributed by atoms with van der Waals surface area (Å²) in [5.74, 6) is 0. The van der Waals surface area contributed by atoms with Crippen LogP contribution >= 0.6 is 27.7 Å². The van der Waals surface area contributed by atoms with Crippen LogP contribution in [-0.4, -0.2) is 0 Å². The summed E-state index contributed by atoms with van der Waals surface area (Å²) in [4.78, 5) is 2.36. The summed E-state index contributed by atoms with van der Waals surface area (Å²) in [6, 6.07) is 16.1. The maximum Gasteiger partial charge on any atom is 0.0325 e. The molecule has 0 aliphatic rings. The van der Waals surface area contributed by atoms with Crippen LogP contribution in [0.5, 0.6) is 0 Å². The average molecular weight is 280 g/mol. The first-order valence-corrected chi connectivity index (χ1v) is 6.14. The molecule has 0 aliphatic heterocycles. The maximum atomic E-state index is 5.72. The van der Waals surface area contributed by atoms with E-state index in [-0.39, 0.29) is 0 Å². The molecule has 2 N–H and O–H groups in total. The monoisotopic (exact) mass is 279 g/mol. The molecule has 0 heterocycles. The third-order valence-corrected chi connectivity index (χ3v) is 3.36. The summed E-state index contributed by atoms with van der Waals surface area (Å²) in [7, 11) is 0. The fourth-order valence-corrected chi connectivity index (χ4v) is 2.74. The van der Waals surface area contributed by atoms with E-state index in [0.717, 1.165) is 15.1 Å². The summed E-state index contributed by atoms with van der Waals surface area (Å²) in [6.07, 6.45) is 0. The van der Waals surface area contributed by atoms with E-state index in [1.165, 1.54) is 4.90 Å². The normalized spacial score (nSPS) is 10.2. The largest absolute Gasteiger partial charge is 0.399 e. The van der Waals surface area contributed by atoms with E-state index in [9.17, 15) is 0 Å². The summed E-state index contributed by atoms with van der Waals surface area (Å²) in [5, 5.41) is 0. The van der Waals surface area contributed by atoms with Crippen LogP contribution in [0.25, 0.3) is 0 Å². The minimum atomic E-state index is 0.801. The lowest BCUT2D eigenvalue weighted by molar-refractivity contribution is 1.39. The number of nitrogen functional groups attached to an aromatic ring is 1. The third kappa shape index (κ3) is 3.01. The highest BCUT2D eigenvalue weighted by molar-refractivity contribution is 9.10. The number of hydrogen-bond donors (Lipinski definition) is 1. The predicted molar refractivity (Wildman–Crippen MR) is 69.1 cm³/mol. The third-order valence-electron chi connectivity index (χ3n) is 1.89. The molecule has 0 fully saturated rings. The van der Waals surface area contributed by atoms with Crippen LogP contribution in [0.15, 0.2) is 62.8 Å². The van der Waals surface area contributed by atoms with Crippen LogP contribution in [0.2, 0.25) is 0 Å². The first-order valence-electron chi connectivity index (χ1n) is 4.53. The second-order valence-corrected chi connectivity index (χ2v) is 5.19. The van der Waals surface area contributed by atoms with Gasteiger partial charge < -0.3 is 5.73 Å². The molecule has 0 amide bonds. The number of nitrogens with two attached hydrogens (primary N) is 1. The van der Waals surface area contributed by atoms with E-state index in [1.54, 1.807) is 11.8 Å². The maximum absolute atomic E-state index is 5.72. The van der Waals surface area contributed by atoms with Gasteiger partial charge in [-0.2, -0.15) is 0 Å². The van der Waals surface area contributed by atoms with Crippen LogP contribution in [0.3, 0.4) is 0 Å². The Balaban J connectivity index is 2.22. The summed E-state index contributed by atoms with van der Waals surface area (Å²) < 4.78 is 1.09. The van der Waals surface area contributed by atoms with E-state index in [2.05, 4.69) is 34.1 Å². The van der Waals surface area contributed by atoms with Gasteiger partial charge in [-0.05, 0) is 36.4 Å². The van der Waals surface area contributed by atoms with Crippen molar-refractivity contribution in [2.75, 3.05) is 5.73 Å². The van der Waals surface area contributed by atoms with Crippen LogP contribution in [0, 0.1) is 0 Å². The van der Waals surface area contributed by atoms with Gasteiger partial charge in [0.05, 0.1) is 0 Å². The second-order valence-electron chi connectivity index (χ2n) is 3.13. The molecule has 2 aromatic rings. The molecule has 76 valence electrons. The molecule has 0 aromatic heterocycles. The fourth-order valence-electron chi connectivity index (χ4n) is 1.24. The smallest absolute Gasteiger partial charge is 0.0325 e. The van der Waals surface area contributed by atoms with Gasteiger partial charge in [0, 0.05) is 20.0 Å². The summed E-state index contributed by atoms with van der Waals surface area (Å²) in [6.45, 7) is 0.